The van der Waals surface area contributed by atoms with Gasteiger partial charge in [0, 0.05) is 10.8 Å². The van der Waals surface area contributed by atoms with Gasteiger partial charge < -0.3 is 9.29 Å². The Labute approximate surface area is 244 Å². The predicted molar refractivity (Wildman–Crippen MR) is 161 cm³/mol. The Bertz CT molecular complexity index is 1470. The third-order valence-corrected chi connectivity index (χ3v) is 10.8. The Morgan fingerprint density at radius 1 is 0.659 bits per heavy atom. The molecule has 3 aliphatic rings. The second-order valence-corrected chi connectivity index (χ2v) is 13.9. The van der Waals surface area contributed by atoms with Crippen LogP contribution in [0.5, 0.6) is 5.75 Å². The van der Waals surface area contributed by atoms with E-state index >= 15 is 0 Å². The number of carbonyl (C=O) groups excluding carboxylic acids is 1. The minimum absolute atomic E-state index is 0.278. The zero-order chi connectivity index (χ0) is 28.4. The molecule has 6 rings (SSSR count). The molecule has 3 saturated carbocycles. The van der Waals surface area contributed by atoms with Gasteiger partial charge in [0.15, 0.2) is 0 Å². The van der Waals surface area contributed by atoms with Crippen LogP contribution in [0.1, 0.15) is 141 Å². The average molecular weight is 574 g/mol. The molecule has 3 aliphatic carbocycles. The second-order valence-electron chi connectivity index (χ2n) is 12.5. The van der Waals surface area contributed by atoms with Crippen molar-refractivity contribution in [2.24, 2.45) is 0 Å². The van der Waals surface area contributed by atoms with Crippen LogP contribution in [-0.2, 0) is 10.1 Å². The fraction of sp³-hybridized carbons (Fsp3) is 0.514. The summed E-state index contributed by atoms with van der Waals surface area (Å²) in [4.78, 5) is 14.1. The Kier molecular flexibility index (Phi) is 8.50. The molecule has 0 radical (unpaired) electrons. The Balaban J connectivity index is 1.47. The first kappa shape index (κ1) is 28.4. The average Bonchev–Trinajstić information content (AvgIpc) is 3.01. The van der Waals surface area contributed by atoms with E-state index < -0.39 is 10.1 Å². The molecule has 3 aromatic rings. The Morgan fingerprint density at radius 3 is 1.66 bits per heavy atom. The summed E-state index contributed by atoms with van der Waals surface area (Å²) in [5.74, 6) is 1.19. The molecule has 0 bridgehead atoms. The topological polar surface area (TPSA) is 83.5 Å². The van der Waals surface area contributed by atoms with E-state index in [4.69, 9.17) is 4.74 Å². The molecule has 0 aromatic heterocycles. The van der Waals surface area contributed by atoms with E-state index in [1.165, 1.54) is 99.5 Å². The van der Waals surface area contributed by atoms with Crippen molar-refractivity contribution in [3.63, 3.8) is 0 Å². The van der Waals surface area contributed by atoms with Gasteiger partial charge in [-0.2, -0.15) is 0 Å². The van der Waals surface area contributed by atoms with Crippen molar-refractivity contribution < 1.29 is 22.5 Å². The van der Waals surface area contributed by atoms with Gasteiger partial charge in [0.1, 0.15) is 15.9 Å². The zero-order valence-electron chi connectivity index (χ0n) is 23.9. The van der Waals surface area contributed by atoms with Crippen LogP contribution < -0.4 is 4.74 Å². The Hall–Kier alpha value is -2.70. The lowest BCUT2D eigenvalue weighted by Crippen LogP contribution is -2.21. The maximum atomic E-state index is 14.4. The fourth-order valence-corrected chi connectivity index (χ4v) is 8.47. The van der Waals surface area contributed by atoms with Crippen molar-refractivity contribution in [3.05, 3.63) is 70.8 Å². The lowest BCUT2D eigenvalue weighted by atomic mass is 9.73. The lowest BCUT2D eigenvalue weighted by molar-refractivity contribution is 0.0732. The van der Waals surface area contributed by atoms with Gasteiger partial charge in [-0.25, -0.2) is 13.2 Å². The van der Waals surface area contributed by atoms with Crippen LogP contribution in [-0.4, -0.2) is 18.9 Å². The monoisotopic (exact) mass is 573 g/mol. The van der Waals surface area contributed by atoms with Crippen LogP contribution in [0.2, 0.25) is 0 Å². The third-order valence-electron chi connectivity index (χ3n) is 9.91. The summed E-state index contributed by atoms with van der Waals surface area (Å²) in [6.07, 6.45) is 17.9. The first-order chi connectivity index (χ1) is 19.9. The molecule has 41 heavy (non-hydrogen) atoms. The molecule has 3 aromatic carbocycles. The lowest BCUT2D eigenvalue weighted by Gasteiger charge is -2.32. The van der Waals surface area contributed by atoms with Gasteiger partial charge in [0.25, 0.3) is 0 Å². The van der Waals surface area contributed by atoms with E-state index in [1.807, 2.05) is 0 Å². The van der Waals surface area contributed by atoms with Crippen molar-refractivity contribution in [3.8, 4) is 5.75 Å². The van der Waals surface area contributed by atoms with Crippen molar-refractivity contribution in [2.45, 2.75) is 119 Å². The molecule has 5 nitrogen and oxygen atoms in total. The third kappa shape index (κ3) is 6.10. The number of ether oxygens (including phenoxy) is 1. The number of hydrogen-bond acceptors (Lipinski definition) is 5. The van der Waals surface area contributed by atoms with Crippen LogP contribution >= 0.6 is 0 Å². The smallest absolute Gasteiger partial charge is 0.344 e. The van der Waals surface area contributed by atoms with Gasteiger partial charge in [0.05, 0.1) is 10.5 Å². The zero-order valence-corrected chi connectivity index (χ0v) is 24.7. The van der Waals surface area contributed by atoms with Crippen molar-refractivity contribution >= 4 is 26.9 Å². The maximum Gasteiger partial charge on any atom is 0.344 e. The van der Waals surface area contributed by atoms with Crippen LogP contribution in [0.3, 0.4) is 0 Å². The molecule has 0 aliphatic heterocycles. The number of rotatable bonds is 6. The van der Waals surface area contributed by atoms with Crippen LogP contribution in [0, 0.1) is 0 Å². The van der Waals surface area contributed by atoms with Gasteiger partial charge >= 0.3 is 5.97 Å². The summed E-state index contributed by atoms with van der Waals surface area (Å²) in [7, 11) is -4.68. The molecule has 0 amide bonds. The van der Waals surface area contributed by atoms with Gasteiger partial charge in [0.2, 0.25) is 0 Å². The maximum absolute atomic E-state index is 14.4. The molecule has 0 spiro atoms. The summed E-state index contributed by atoms with van der Waals surface area (Å²) in [6, 6.07) is 14.2. The van der Waals surface area contributed by atoms with Crippen molar-refractivity contribution in [2.75, 3.05) is 0 Å². The van der Waals surface area contributed by atoms with E-state index in [0.717, 1.165) is 31.2 Å². The molecule has 218 valence electrons. The first-order valence-electron chi connectivity index (χ1n) is 15.8. The summed E-state index contributed by atoms with van der Waals surface area (Å²) in [6.45, 7) is 0. The van der Waals surface area contributed by atoms with E-state index in [9.17, 15) is 17.8 Å². The number of esters is 1. The molecular weight excluding hydrogens is 532 g/mol. The van der Waals surface area contributed by atoms with Crippen LogP contribution in [0.4, 0.5) is 0 Å². The predicted octanol–water partition coefficient (Wildman–Crippen LogP) is 9.11. The number of fused-ring (bicyclic) bond motifs is 1. The van der Waals surface area contributed by atoms with Crippen molar-refractivity contribution in [1.82, 2.24) is 0 Å². The molecule has 0 unspecified atom stereocenters. The highest BCUT2D eigenvalue weighted by Crippen LogP contribution is 2.44. The summed E-state index contributed by atoms with van der Waals surface area (Å²) in [5.41, 5.74) is 4.49. The highest BCUT2D eigenvalue weighted by atomic mass is 32.2. The molecule has 0 N–H and O–H groups in total. The summed E-state index contributed by atoms with van der Waals surface area (Å²) in [5, 5.41) is 0.732. The number of benzene rings is 3. The molecule has 0 saturated heterocycles. The Morgan fingerprint density at radius 2 is 1.15 bits per heavy atom. The highest BCUT2D eigenvalue weighted by molar-refractivity contribution is 7.86. The molecular formula is C35H41O5S-. The summed E-state index contributed by atoms with van der Waals surface area (Å²) >= 11 is 0. The van der Waals surface area contributed by atoms with Gasteiger partial charge in [-0.1, -0.05) is 94.2 Å². The van der Waals surface area contributed by atoms with Crippen LogP contribution in [0.25, 0.3) is 10.8 Å². The van der Waals surface area contributed by atoms with Gasteiger partial charge in [-0.3, -0.25) is 0 Å². The molecule has 3 fully saturated rings. The second kappa shape index (κ2) is 12.3. The van der Waals surface area contributed by atoms with Crippen LogP contribution in [0.15, 0.2) is 53.4 Å². The molecule has 0 heterocycles. The molecule has 0 atom stereocenters. The van der Waals surface area contributed by atoms with Crippen molar-refractivity contribution in [1.29, 1.82) is 0 Å². The van der Waals surface area contributed by atoms with Gasteiger partial charge in [-0.15, -0.1) is 0 Å². The minimum atomic E-state index is -4.68. The SMILES string of the molecule is O=C(Oc1ccc(S(=O)(=O)[O-])c2ccccc12)c1c(C2CCCCC2)cc(C2CCCCC2)cc1C1CCCCC1. The largest absolute Gasteiger partial charge is 0.744 e. The van der Waals surface area contributed by atoms with E-state index in [0.29, 0.717) is 28.9 Å². The highest BCUT2D eigenvalue weighted by Gasteiger charge is 2.31. The first-order valence-corrected chi connectivity index (χ1v) is 17.2. The molecule has 6 heteroatoms. The van der Waals surface area contributed by atoms with E-state index in [2.05, 4.69) is 12.1 Å². The summed E-state index contributed by atoms with van der Waals surface area (Å²) < 4.78 is 42.0. The number of hydrogen-bond donors (Lipinski definition) is 0. The minimum Gasteiger partial charge on any atom is -0.744 e. The van der Waals surface area contributed by atoms with Gasteiger partial charge in [-0.05, 0) is 85.1 Å². The normalized spacial score (nSPS) is 19.8. The van der Waals surface area contributed by atoms with E-state index in [-0.39, 0.29) is 16.3 Å². The van der Waals surface area contributed by atoms with E-state index in [1.54, 1.807) is 24.3 Å². The standard InChI is InChI=1S/C35H42O5S/c36-35(40-32-20-21-33(41(37,38)39)29-19-11-10-18-28(29)32)34-30(25-14-6-2-7-15-25)22-27(24-12-4-1-5-13-24)23-31(34)26-16-8-3-9-17-26/h10-11,18-26H,1-9,12-17H2,(H,37,38,39)/p-1. The fourth-order valence-electron chi connectivity index (χ4n) is 7.79. The number of carbonyl (C=O) groups is 1. The quantitative estimate of drug-likeness (QED) is 0.167.